The van der Waals surface area contributed by atoms with Crippen LogP contribution in [0.1, 0.15) is 32.0 Å². The predicted molar refractivity (Wildman–Crippen MR) is 66.2 cm³/mol. The van der Waals surface area contributed by atoms with Crippen LogP contribution in [0.4, 0.5) is 0 Å². The van der Waals surface area contributed by atoms with E-state index >= 15 is 0 Å². The molecule has 1 unspecified atom stereocenters. The summed E-state index contributed by atoms with van der Waals surface area (Å²) in [5.41, 5.74) is 7.83. The molecule has 1 atom stereocenters. The molecule has 0 saturated heterocycles. The first kappa shape index (κ1) is 11.3. The number of aryl methyl sites for hydroxylation is 1. The Morgan fingerprint density at radius 1 is 1.56 bits per heavy atom. The van der Waals surface area contributed by atoms with Gasteiger partial charge in [-0.05, 0) is 13.3 Å². The van der Waals surface area contributed by atoms with Crippen LogP contribution in [0.2, 0.25) is 0 Å². The molecule has 0 aliphatic heterocycles. The minimum absolute atomic E-state index is 0.00690. The average molecular weight is 236 g/mol. The molecule has 2 N–H and O–H groups in total. The van der Waals surface area contributed by atoms with Crippen LogP contribution in [0.15, 0.2) is 17.9 Å². The van der Waals surface area contributed by atoms with Crippen LogP contribution in [-0.2, 0) is 6.54 Å². The second-order valence-electron chi connectivity index (χ2n) is 3.84. The number of nitrogens with zero attached hydrogens (tertiary/aromatic N) is 3. The minimum Gasteiger partial charge on any atom is -0.329 e. The van der Waals surface area contributed by atoms with E-state index in [-0.39, 0.29) is 6.04 Å². The molecular weight excluding hydrogens is 220 g/mol. The van der Waals surface area contributed by atoms with Crippen molar-refractivity contribution >= 4 is 11.3 Å². The van der Waals surface area contributed by atoms with E-state index in [0.29, 0.717) is 0 Å². The van der Waals surface area contributed by atoms with Gasteiger partial charge in [-0.3, -0.25) is 0 Å². The lowest BCUT2D eigenvalue weighted by Gasteiger charge is -2.03. The summed E-state index contributed by atoms with van der Waals surface area (Å²) in [6, 6.07) is -0.00690. The first-order chi connectivity index (χ1) is 7.72. The summed E-state index contributed by atoms with van der Waals surface area (Å²) in [5, 5.41) is 3.02. The molecule has 2 aromatic rings. The number of aromatic nitrogens is 3. The first-order valence-electron chi connectivity index (χ1n) is 5.44. The van der Waals surface area contributed by atoms with Crippen molar-refractivity contribution in [1.82, 2.24) is 14.5 Å². The molecule has 0 radical (unpaired) electrons. The zero-order chi connectivity index (χ0) is 11.5. The van der Waals surface area contributed by atoms with Gasteiger partial charge in [0.2, 0.25) is 0 Å². The van der Waals surface area contributed by atoms with Gasteiger partial charge in [0.15, 0.2) is 0 Å². The monoisotopic (exact) mass is 236 g/mol. The summed E-state index contributed by atoms with van der Waals surface area (Å²) in [6.45, 7) is 5.07. The summed E-state index contributed by atoms with van der Waals surface area (Å²) in [4.78, 5) is 8.70. The highest BCUT2D eigenvalue weighted by atomic mass is 32.1. The lowest BCUT2D eigenvalue weighted by Crippen LogP contribution is -2.05. The van der Waals surface area contributed by atoms with Crippen molar-refractivity contribution in [2.45, 2.75) is 32.9 Å². The highest BCUT2D eigenvalue weighted by molar-refractivity contribution is 7.13. The van der Waals surface area contributed by atoms with E-state index in [0.717, 1.165) is 29.4 Å². The van der Waals surface area contributed by atoms with E-state index in [1.807, 2.05) is 24.8 Å². The lowest BCUT2D eigenvalue weighted by molar-refractivity contribution is 0.683. The zero-order valence-electron chi connectivity index (χ0n) is 9.55. The van der Waals surface area contributed by atoms with Gasteiger partial charge >= 0.3 is 0 Å². The molecule has 0 aromatic carbocycles. The SMILES string of the molecule is CCCn1cncc1-c1nc(C(C)N)cs1. The second kappa shape index (κ2) is 4.76. The van der Waals surface area contributed by atoms with Gasteiger partial charge in [0, 0.05) is 18.0 Å². The Labute approximate surface area is 99.2 Å². The molecule has 2 heterocycles. The maximum Gasteiger partial charge on any atom is 0.141 e. The Kier molecular flexibility index (Phi) is 3.36. The molecule has 0 aliphatic rings. The summed E-state index contributed by atoms with van der Waals surface area (Å²) in [7, 11) is 0. The van der Waals surface area contributed by atoms with Crippen LogP contribution in [0.3, 0.4) is 0 Å². The van der Waals surface area contributed by atoms with Crippen molar-refractivity contribution in [1.29, 1.82) is 0 Å². The molecule has 0 amide bonds. The number of thiazole rings is 1. The molecular formula is C11H16N4S. The lowest BCUT2D eigenvalue weighted by atomic mass is 10.3. The Bertz CT molecular complexity index is 458. The van der Waals surface area contributed by atoms with E-state index in [1.54, 1.807) is 11.3 Å². The summed E-state index contributed by atoms with van der Waals surface area (Å²) in [6.07, 6.45) is 4.81. The number of hydrogen-bond acceptors (Lipinski definition) is 4. The Morgan fingerprint density at radius 2 is 2.38 bits per heavy atom. The fraction of sp³-hybridized carbons (Fsp3) is 0.455. The molecule has 16 heavy (non-hydrogen) atoms. The van der Waals surface area contributed by atoms with Crippen LogP contribution >= 0.6 is 11.3 Å². The third-order valence-corrected chi connectivity index (χ3v) is 3.27. The standard InChI is InChI=1S/C11H16N4S/c1-3-4-15-7-13-5-10(15)11-14-9(6-16-11)8(2)12/h5-8H,3-4,12H2,1-2H3. The van der Waals surface area contributed by atoms with Gasteiger partial charge in [-0.25, -0.2) is 9.97 Å². The summed E-state index contributed by atoms with van der Waals surface area (Å²) in [5.74, 6) is 0. The van der Waals surface area contributed by atoms with E-state index in [1.165, 1.54) is 0 Å². The summed E-state index contributed by atoms with van der Waals surface area (Å²) < 4.78 is 2.13. The molecule has 4 nitrogen and oxygen atoms in total. The topological polar surface area (TPSA) is 56.7 Å². The van der Waals surface area contributed by atoms with E-state index < -0.39 is 0 Å². The Balaban J connectivity index is 2.31. The van der Waals surface area contributed by atoms with Crippen LogP contribution in [-0.4, -0.2) is 14.5 Å². The number of nitrogens with two attached hydrogens (primary N) is 1. The van der Waals surface area contributed by atoms with Gasteiger partial charge in [-0.2, -0.15) is 0 Å². The molecule has 0 spiro atoms. The largest absolute Gasteiger partial charge is 0.329 e. The van der Waals surface area contributed by atoms with E-state index in [9.17, 15) is 0 Å². The fourth-order valence-electron chi connectivity index (χ4n) is 1.53. The van der Waals surface area contributed by atoms with Crippen molar-refractivity contribution in [3.05, 3.63) is 23.6 Å². The highest BCUT2D eigenvalue weighted by Crippen LogP contribution is 2.25. The smallest absolute Gasteiger partial charge is 0.141 e. The van der Waals surface area contributed by atoms with Crippen molar-refractivity contribution < 1.29 is 0 Å². The van der Waals surface area contributed by atoms with E-state index in [4.69, 9.17) is 5.73 Å². The van der Waals surface area contributed by atoms with Gasteiger partial charge in [0.05, 0.1) is 23.9 Å². The van der Waals surface area contributed by atoms with Crippen molar-refractivity contribution in [2.75, 3.05) is 0 Å². The summed E-state index contributed by atoms with van der Waals surface area (Å²) >= 11 is 1.62. The maximum atomic E-state index is 5.80. The highest BCUT2D eigenvalue weighted by Gasteiger charge is 2.11. The quantitative estimate of drug-likeness (QED) is 0.887. The second-order valence-corrected chi connectivity index (χ2v) is 4.70. The van der Waals surface area contributed by atoms with Gasteiger partial charge in [0.25, 0.3) is 0 Å². The minimum atomic E-state index is -0.00690. The number of hydrogen-bond donors (Lipinski definition) is 1. The van der Waals surface area contributed by atoms with Crippen LogP contribution in [0.25, 0.3) is 10.7 Å². The molecule has 5 heteroatoms. The van der Waals surface area contributed by atoms with Crippen LogP contribution < -0.4 is 5.73 Å². The van der Waals surface area contributed by atoms with Gasteiger partial charge < -0.3 is 10.3 Å². The molecule has 86 valence electrons. The third kappa shape index (κ3) is 2.15. The third-order valence-electron chi connectivity index (χ3n) is 2.38. The molecule has 0 bridgehead atoms. The molecule has 0 fully saturated rings. The Hall–Kier alpha value is -1.20. The number of rotatable bonds is 4. The van der Waals surface area contributed by atoms with Gasteiger partial charge in [-0.1, -0.05) is 6.92 Å². The fourth-order valence-corrected chi connectivity index (χ4v) is 2.48. The molecule has 2 aromatic heterocycles. The van der Waals surface area contributed by atoms with E-state index in [2.05, 4.69) is 21.5 Å². The van der Waals surface area contributed by atoms with Crippen LogP contribution in [0, 0.1) is 0 Å². The maximum absolute atomic E-state index is 5.80. The van der Waals surface area contributed by atoms with Crippen LogP contribution in [0.5, 0.6) is 0 Å². The van der Waals surface area contributed by atoms with Crippen molar-refractivity contribution in [3.63, 3.8) is 0 Å². The Morgan fingerprint density at radius 3 is 3.00 bits per heavy atom. The average Bonchev–Trinajstić information content (AvgIpc) is 2.84. The molecule has 0 saturated carbocycles. The van der Waals surface area contributed by atoms with Crippen molar-refractivity contribution in [3.8, 4) is 10.7 Å². The normalized spacial score (nSPS) is 12.9. The van der Waals surface area contributed by atoms with Gasteiger partial charge in [-0.15, -0.1) is 11.3 Å². The zero-order valence-corrected chi connectivity index (χ0v) is 10.4. The van der Waals surface area contributed by atoms with Crippen molar-refractivity contribution in [2.24, 2.45) is 5.73 Å². The van der Waals surface area contributed by atoms with Gasteiger partial charge in [0.1, 0.15) is 5.01 Å². The molecule has 0 aliphatic carbocycles. The number of imidazole rings is 1. The first-order valence-corrected chi connectivity index (χ1v) is 6.31. The molecule has 2 rings (SSSR count). The predicted octanol–water partition coefficient (Wildman–Crippen LogP) is 2.44.